The highest BCUT2D eigenvalue weighted by Crippen LogP contribution is 2.16. The van der Waals surface area contributed by atoms with Gasteiger partial charge in [0.1, 0.15) is 5.82 Å². The fourth-order valence-electron chi connectivity index (χ4n) is 2.54. The topological polar surface area (TPSA) is 81.8 Å². The molecule has 0 atom stereocenters. The molecular weight excluding hydrogens is 327 g/mol. The molecule has 1 aliphatic rings. The molecule has 0 bridgehead atoms. The lowest BCUT2D eigenvalue weighted by Crippen LogP contribution is -2.52. The van der Waals surface area contributed by atoms with Gasteiger partial charge < -0.3 is 20.4 Å². The van der Waals surface area contributed by atoms with Crippen LogP contribution in [0.3, 0.4) is 0 Å². The van der Waals surface area contributed by atoms with Crippen LogP contribution in [0.25, 0.3) is 0 Å². The van der Waals surface area contributed by atoms with Crippen LogP contribution in [0.2, 0.25) is 0 Å². The molecule has 136 valence electrons. The summed E-state index contributed by atoms with van der Waals surface area (Å²) in [5, 5.41) is 4.80. The molecule has 2 rings (SSSR count). The fourth-order valence-corrected chi connectivity index (χ4v) is 2.54. The smallest absolute Gasteiger partial charge is 0.309 e. The van der Waals surface area contributed by atoms with Crippen molar-refractivity contribution in [3.8, 4) is 0 Å². The third-order valence-electron chi connectivity index (χ3n) is 3.85. The van der Waals surface area contributed by atoms with Crippen LogP contribution in [0.1, 0.15) is 13.8 Å². The molecule has 1 fully saturated rings. The Morgan fingerprint density at radius 1 is 1.04 bits per heavy atom. The largest absolute Gasteiger partial charge is 0.368 e. The van der Waals surface area contributed by atoms with Gasteiger partial charge in [-0.05, 0) is 38.1 Å². The minimum atomic E-state index is -0.813. The first-order chi connectivity index (χ1) is 11.9. The van der Waals surface area contributed by atoms with E-state index in [-0.39, 0.29) is 24.3 Å². The Balaban J connectivity index is 1.76. The summed E-state index contributed by atoms with van der Waals surface area (Å²) in [6, 6.07) is 6.09. The third kappa shape index (κ3) is 5.44. The normalized spacial score (nSPS) is 14.4. The number of benzene rings is 1. The van der Waals surface area contributed by atoms with E-state index in [9.17, 15) is 18.8 Å². The van der Waals surface area contributed by atoms with Gasteiger partial charge in [-0.15, -0.1) is 0 Å². The van der Waals surface area contributed by atoms with Crippen LogP contribution < -0.4 is 15.5 Å². The number of nitrogens with one attached hydrogen (secondary N) is 2. The van der Waals surface area contributed by atoms with E-state index in [0.717, 1.165) is 5.69 Å². The lowest BCUT2D eigenvalue weighted by molar-refractivity contribution is -0.140. The summed E-state index contributed by atoms with van der Waals surface area (Å²) in [6.07, 6.45) is 0. The van der Waals surface area contributed by atoms with Crippen molar-refractivity contribution in [3.63, 3.8) is 0 Å². The Hall–Kier alpha value is -2.64. The van der Waals surface area contributed by atoms with E-state index in [1.807, 2.05) is 0 Å². The highest BCUT2D eigenvalue weighted by molar-refractivity contribution is 6.35. The lowest BCUT2D eigenvalue weighted by Gasteiger charge is -2.36. The number of halogens is 1. The van der Waals surface area contributed by atoms with Crippen molar-refractivity contribution in [2.45, 2.75) is 19.9 Å². The van der Waals surface area contributed by atoms with Crippen LogP contribution >= 0.6 is 0 Å². The number of anilines is 1. The maximum absolute atomic E-state index is 13.0. The van der Waals surface area contributed by atoms with Crippen molar-refractivity contribution in [3.05, 3.63) is 30.1 Å². The second kappa shape index (κ2) is 8.46. The Morgan fingerprint density at radius 3 is 2.20 bits per heavy atom. The number of hydrogen-bond donors (Lipinski definition) is 2. The first-order valence-electron chi connectivity index (χ1n) is 8.24. The molecule has 1 heterocycles. The maximum atomic E-state index is 13.0. The minimum absolute atomic E-state index is 0.145. The van der Waals surface area contributed by atoms with Crippen molar-refractivity contribution < 1.29 is 18.8 Å². The number of rotatable bonds is 4. The van der Waals surface area contributed by atoms with Crippen LogP contribution in [-0.2, 0) is 14.4 Å². The summed E-state index contributed by atoms with van der Waals surface area (Å²) in [7, 11) is 0. The van der Waals surface area contributed by atoms with E-state index in [4.69, 9.17) is 0 Å². The molecule has 1 aromatic carbocycles. The first-order valence-corrected chi connectivity index (χ1v) is 8.24. The molecular formula is C17H23FN4O3. The minimum Gasteiger partial charge on any atom is -0.368 e. The summed E-state index contributed by atoms with van der Waals surface area (Å²) < 4.78 is 13.0. The zero-order valence-electron chi connectivity index (χ0n) is 14.4. The molecule has 1 aromatic rings. The zero-order valence-corrected chi connectivity index (χ0v) is 14.4. The SMILES string of the molecule is CC(C)NC(=O)C(=O)NCC(=O)N1CCN(c2ccc(F)cc2)CC1. The monoisotopic (exact) mass is 350 g/mol. The first kappa shape index (κ1) is 18.7. The van der Waals surface area contributed by atoms with Gasteiger partial charge in [-0.2, -0.15) is 0 Å². The number of carbonyl (C=O) groups is 3. The molecule has 25 heavy (non-hydrogen) atoms. The Morgan fingerprint density at radius 2 is 1.64 bits per heavy atom. The summed E-state index contributed by atoms with van der Waals surface area (Å²) in [6.45, 7) is 5.54. The standard InChI is InChI=1S/C17H23FN4O3/c1-12(2)20-17(25)16(24)19-11-15(23)22-9-7-21(8-10-22)14-5-3-13(18)4-6-14/h3-6,12H,7-11H2,1-2H3,(H,19,24)(H,20,25). The van der Waals surface area contributed by atoms with E-state index in [1.165, 1.54) is 12.1 Å². The summed E-state index contributed by atoms with van der Waals surface area (Å²) in [5.74, 6) is -2.07. The van der Waals surface area contributed by atoms with Gasteiger partial charge in [-0.25, -0.2) is 4.39 Å². The summed E-state index contributed by atoms with van der Waals surface area (Å²) >= 11 is 0. The van der Waals surface area contributed by atoms with E-state index < -0.39 is 11.8 Å². The van der Waals surface area contributed by atoms with E-state index >= 15 is 0 Å². The molecule has 2 N–H and O–H groups in total. The molecule has 0 radical (unpaired) electrons. The maximum Gasteiger partial charge on any atom is 0.309 e. The molecule has 0 aliphatic carbocycles. The second-order valence-electron chi connectivity index (χ2n) is 6.16. The van der Waals surface area contributed by atoms with Gasteiger partial charge >= 0.3 is 11.8 Å². The van der Waals surface area contributed by atoms with Gasteiger partial charge in [-0.3, -0.25) is 14.4 Å². The van der Waals surface area contributed by atoms with Gasteiger partial charge in [0.15, 0.2) is 0 Å². The van der Waals surface area contributed by atoms with Crippen LogP contribution in [-0.4, -0.2) is 61.4 Å². The van der Waals surface area contributed by atoms with E-state index in [0.29, 0.717) is 26.2 Å². The number of carbonyl (C=O) groups excluding carboxylic acids is 3. The van der Waals surface area contributed by atoms with Gasteiger partial charge in [0.25, 0.3) is 0 Å². The molecule has 8 heteroatoms. The number of hydrogen-bond acceptors (Lipinski definition) is 4. The molecule has 1 saturated heterocycles. The van der Waals surface area contributed by atoms with Crippen molar-refractivity contribution in [2.75, 3.05) is 37.6 Å². The molecule has 7 nitrogen and oxygen atoms in total. The highest BCUT2D eigenvalue weighted by Gasteiger charge is 2.22. The van der Waals surface area contributed by atoms with Gasteiger partial charge in [0.05, 0.1) is 6.54 Å². The second-order valence-corrected chi connectivity index (χ2v) is 6.16. The third-order valence-corrected chi connectivity index (χ3v) is 3.85. The fraction of sp³-hybridized carbons (Fsp3) is 0.471. The molecule has 0 saturated carbocycles. The quantitative estimate of drug-likeness (QED) is 0.756. The van der Waals surface area contributed by atoms with Gasteiger partial charge in [-0.1, -0.05) is 0 Å². The summed E-state index contributed by atoms with van der Waals surface area (Å²) in [4.78, 5) is 38.9. The average molecular weight is 350 g/mol. The number of piperazine rings is 1. The average Bonchev–Trinajstić information content (AvgIpc) is 2.59. The Labute approximate surface area is 146 Å². The predicted octanol–water partition coefficient (Wildman–Crippen LogP) is 0.115. The van der Waals surface area contributed by atoms with Crippen LogP contribution in [0.15, 0.2) is 24.3 Å². The van der Waals surface area contributed by atoms with Crippen molar-refractivity contribution in [1.82, 2.24) is 15.5 Å². The van der Waals surface area contributed by atoms with Crippen LogP contribution in [0, 0.1) is 5.82 Å². The van der Waals surface area contributed by atoms with Gasteiger partial charge in [0.2, 0.25) is 5.91 Å². The number of nitrogens with zero attached hydrogens (tertiary/aromatic N) is 2. The highest BCUT2D eigenvalue weighted by atomic mass is 19.1. The molecule has 0 aromatic heterocycles. The lowest BCUT2D eigenvalue weighted by atomic mass is 10.2. The summed E-state index contributed by atoms with van der Waals surface area (Å²) in [5.41, 5.74) is 0.909. The Bertz CT molecular complexity index is 625. The van der Waals surface area contributed by atoms with Crippen LogP contribution in [0.5, 0.6) is 0 Å². The zero-order chi connectivity index (χ0) is 18.4. The molecule has 0 spiro atoms. The van der Waals surface area contributed by atoms with E-state index in [2.05, 4.69) is 15.5 Å². The van der Waals surface area contributed by atoms with Crippen LogP contribution in [0.4, 0.5) is 10.1 Å². The van der Waals surface area contributed by atoms with Crippen molar-refractivity contribution in [1.29, 1.82) is 0 Å². The number of amides is 3. The molecule has 3 amide bonds. The van der Waals surface area contributed by atoms with Gasteiger partial charge in [0, 0.05) is 37.9 Å². The molecule has 1 aliphatic heterocycles. The van der Waals surface area contributed by atoms with E-state index in [1.54, 1.807) is 30.9 Å². The Kier molecular flexibility index (Phi) is 6.32. The van der Waals surface area contributed by atoms with Crippen molar-refractivity contribution >= 4 is 23.4 Å². The van der Waals surface area contributed by atoms with Crippen molar-refractivity contribution in [2.24, 2.45) is 0 Å². The predicted molar refractivity (Wildman–Crippen MR) is 91.5 cm³/mol. The molecule has 0 unspecified atom stereocenters.